The van der Waals surface area contributed by atoms with E-state index in [4.69, 9.17) is 4.74 Å². The number of benzene rings is 1. The standard InChI is InChI=1S/C20H33NO2/c1-18(2,3)14-10-11-16(15(12-14)19(4,5)6)23-13-17(22)21-20(7,8)9/h10-12H,13H2,1-9H3,(H,21,22). The van der Waals surface area contributed by atoms with Crippen molar-refractivity contribution in [2.45, 2.75) is 78.7 Å². The Labute approximate surface area is 141 Å². The molecule has 130 valence electrons. The van der Waals surface area contributed by atoms with Crippen molar-refractivity contribution in [3.63, 3.8) is 0 Å². The highest BCUT2D eigenvalue weighted by molar-refractivity contribution is 5.78. The van der Waals surface area contributed by atoms with Gasteiger partial charge in [-0.1, -0.05) is 53.7 Å². The first-order valence-corrected chi connectivity index (χ1v) is 8.29. The molecule has 0 unspecified atom stereocenters. The average Bonchev–Trinajstić information content (AvgIpc) is 2.31. The van der Waals surface area contributed by atoms with Crippen molar-refractivity contribution in [1.29, 1.82) is 0 Å². The van der Waals surface area contributed by atoms with E-state index in [2.05, 4.69) is 59.0 Å². The van der Waals surface area contributed by atoms with E-state index in [0.717, 1.165) is 11.3 Å². The number of rotatable bonds is 3. The smallest absolute Gasteiger partial charge is 0.258 e. The molecule has 3 nitrogen and oxygen atoms in total. The van der Waals surface area contributed by atoms with Crippen LogP contribution in [-0.2, 0) is 15.6 Å². The van der Waals surface area contributed by atoms with Gasteiger partial charge in [0.15, 0.2) is 6.61 Å². The van der Waals surface area contributed by atoms with Gasteiger partial charge in [-0.05, 0) is 48.8 Å². The van der Waals surface area contributed by atoms with Crippen molar-refractivity contribution in [3.8, 4) is 5.75 Å². The van der Waals surface area contributed by atoms with E-state index >= 15 is 0 Å². The van der Waals surface area contributed by atoms with Gasteiger partial charge in [-0.15, -0.1) is 0 Å². The Bertz CT molecular complexity index is 554. The van der Waals surface area contributed by atoms with Crippen molar-refractivity contribution in [3.05, 3.63) is 29.3 Å². The summed E-state index contributed by atoms with van der Waals surface area (Å²) in [6.45, 7) is 19.0. The van der Waals surface area contributed by atoms with Crippen molar-refractivity contribution >= 4 is 5.91 Å². The Hall–Kier alpha value is -1.51. The first-order valence-electron chi connectivity index (χ1n) is 8.29. The average molecular weight is 319 g/mol. The summed E-state index contributed by atoms with van der Waals surface area (Å²) < 4.78 is 5.83. The molecule has 0 bridgehead atoms. The topological polar surface area (TPSA) is 38.3 Å². The molecule has 0 aliphatic heterocycles. The Morgan fingerprint density at radius 2 is 1.52 bits per heavy atom. The van der Waals surface area contributed by atoms with Gasteiger partial charge in [0, 0.05) is 5.54 Å². The molecule has 0 fully saturated rings. The first-order chi connectivity index (χ1) is 10.2. The van der Waals surface area contributed by atoms with Crippen molar-refractivity contribution in [1.82, 2.24) is 5.32 Å². The van der Waals surface area contributed by atoms with Gasteiger partial charge in [-0.25, -0.2) is 0 Å². The van der Waals surface area contributed by atoms with E-state index in [9.17, 15) is 4.79 Å². The Balaban J connectivity index is 3.01. The minimum Gasteiger partial charge on any atom is -0.483 e. The molecule has 1 rings (SSSR count). The van der Waals surface area contributed by atoms with Crippen molar-refractivity contribution < 1.29 is 9.53 Å². The van der Waals surface area contributed by atoms with Crippen LogP contribution < -0.4 is 10.1 Å². The summed E-state index contributed by atoms with van der Waals surface area (Å²) in [7, 11) is 0. The van der Waals surface area contributed by atoms with Crippen molar-refractivity contribution in [2.24, 2.45) is 0 Å². The van der Waals surface area contributed by atoms with Crippen molar-refractivity contribution in [2.75, 3.05) is 6.61 Å². The molecule has 3 heteroatoms. The highest BCUT2D eigenvalue weighted by Crippen LogP contribution is 2.35. The van der Waals surface area contributed by atoms with Crippen LogP contribution in [0.3, 0.4) is 0 Å². The Morgan fingerprint density at radius 3 is 1.96 bits per heavy atom. The van der Waals surface area contributed by atoms with Gasteiger partial charge in [0.05, 0.1) is 0 Å². The van der Waals surface area contributed by atoms with Crippen LogP contribution in [0.25, 0.3) is 0 Å². The molecule has 1 aromatic carbocycles. The lowest BCUT2D eigenvalue weighted by molar-refractivity contribution is -0.124. The fourth-order valence-electron chi connectivity index (χ4n) is 2.31. The molecule has 0 radical (unpaired) electrons. The lowest BCUT2D eigenvalue weighted by atomic mass is 9.80. The van der Waals surface area contributed by atoms with E-state index < -0.39 is 0 Å². The van der Waals surface area contributed by atoms with Crippen LogP contribution in [0.4, 0.5) is 0 Å². The second-order valence-corrected chi connectivity index (χ2v) is 9.30. The summed E-state index contributed by atoms with van der Waals surface area (Å²) in [5, 5.41) is 2.92. The second-order valence-electron chi connectivity index (χ2n) is 9.30. The number of carbonyl (C=O) groups is 1. The third kappa shape index (κ3) is 6.25. The van der Waals surface area contributed by atoms with Crippen LogP contribution >= 0.6 is 0 Å². The van der Waals surface area contributed by atoms with Crippen LogP contribution in [0, 0.1) is 0 Å². The highest BCUT2D eigenvalue weighted by atomic mass is 16.5. The molecule has 23 heavy (non-hydrogen) atoms. The molecule has 0 saturated carbocycles. The molecule has 0 aromatic heterocycles. The zero-order valence-corrected chi connectivity index (χ0v) is 16.3. The van der Waals surface area contributed by atoms with E-state index in [1.54, 1.807) is 0 Å². The summed E-state index contributed by atoms with van der Waals surface area (Å²) in [4.78, 5) is 12.0. The minimum absolute atomic E-state index is 0.0369. The lowest BCUT2D eigenvalue weighted by Crippen LogP contribution is -2.43. The molecule has 1 N–H and O–H groups in total. The summed E-state index contributed by atoms with van der Waals surface area (Å²) in [5.74, 6) is 0.687. The molecule has 1 amide bonds. The molecular formula is C20H33NO2. The summed E-state index contributed by atoms with van der Waals surface area (Å²) in [6.07, 6.45) is 0. The normalized spacial score (nSPS) is 12.9. The molecule has 0 spiro atoms. The number of hydrogen-bond acceptors (Lipinski definition) is 2. The fourth-order valence-corrected chi connectivity index (χ4v) is 2.31. The van der Waals surface area contributed by atoms with Gasteiger partial charge in [0.1, 0.15) is 5.75 Å². The number of nitrogens with one attached hydrogen (secondary N) is 1. The van der Waals surface area contributed by atoms with Crippen LogP contribution in [-0.4, -0.2) is 18.1 Å². The van der Waals surface area contributed by atoms with Gasteiger partial charge in [-0.2, -0.15) is 0 Å². The zero-order valence-electron chi connectivity index (χ0n) is 16.3. The minimum atomic E-state index is -0.247. The quantitative estimate of drug-likeness (QED) is 0.886. The predicted octanol–water partition coefficient (Wildman–Crippen LogP) is 4.58. The zero-order chi connectivity index (χ0) is 18.1. The van der Waals surface area contributed by atoms with Crippen LogP contribution in [0.1, 0.15) is 73.4 Å². The number of hydrogen-bond donors (Lipinski definition) is 1. The number of amides is 1. The highest BCUT2D eigenvalue weighted by Gasteiger charge is 2.23. The second kappa shape index (κ2) is 6.54. The summed E-state index contributed by atoms with van der Waals surface area (Å²) in [5.41, 5.74) is 2.20. The monoisotopic (exact) mass is 319 g/mol. The Morgan fingerprint density at radius 1 is 0.957 bits per heavy atom. The number of carbonyl (C=O) groups excluding carboxylic acids is 1. The van der Waals surface area contributed by atoms with E-state index in [-0.39, 0.29) is 28.9 Å². The maximum absolute atomic E-state index is 12.0. The molecule has 0 heterocycles. The van der Waals surface area contributed by atoms with E-state index in [1.165, 1.54) is 5.56 Å². The molecular weight excluding hydrogens is 286 g/mol. The van der Waals surface area contributed by atoms with Gasteiger partial charge in [0.25, 0.3) is 5.91 Å². The van der Waals surface area contributed by atoms with Crippen LogP contribution in [0.2, 0.25) is 0 Å². The lowest BCUT2D eigenvalue weighted by Gasteiger charge is -2.27. The molecule has 0 aliphatic rings. The third-order valence-corrected chi connectivity index (χ3v) is 3.53. The Kier molecular flexibility index (Phi) is 5.56. The maximum Gasteiger partial charge on any atom is 0.258 e. The predicted molar refractivity (Wildman–Crippen MR) is 97.2 cm³/mol. The van der Waals surface area contributed by atoms with Gasteiger partial charge in [0.2, 0.25) is 0 Å². The fraction of sp³-hybridized carbons (Fsp3) is 0.650. The van der Waals surface area contributed by atoms with E-state index in [0.29, 0.717) is 0 Å². The SMILES string of the molecule is CC(C)(C)NC(=O)COc1ccc(C(C)(C)C)cc1C(C)(C)C. The number of ether oxygens (including phenoxy) is 1. The third-order valence-electron chi connectivity index (χ3n) is 3.53. The van der Waals surface area contributed by atoms with Gasteiger partial charge in [-0.3, -0.25) is 4.79 Å². The summed E-state index contributed by atoms with van der Waals surface area (Å²) >= 11 is 0. The largest absolute Gasteiger partial charge is 0.483 e. The maximum atomic E-state index is 12.0. The molecule has 0 atom stereocenters. The van der Waals surface area contributed by atoms with Crippen LogP contribution in [0.5, 0.6) is 5.75 Å². The van der Waals surface area contributed by atoms with Crippen LogP contribution in [0.15, 0.2) is 18.2 Å². The molecule has 0 aliphatic carbocycles. The first kappa shape index (κ1) is 19.5. The van der Waals surface area contributed by atoms with E-state index in [1.807, 2.05) is 26.8 Å². The van der Waals surface area contributed by atoms with Gasteiger partial charge >= 0.3 is 0 Å². The molecule has 0 saturated heterocycles. The summed E-state index contributed by atoms with van der Waals surface area (Å²) in [6, 6.07) is 6.29. The molecule has 1 aromatic rings. The van der Waals surface area contributed by atoms with Gasteiger partial charge < -0.3 is 10.1 Å².